The van der Waals surface area contributed by atoms with Crippen molar-refractivity contribution in [3.63, 3.8) is 0 Å². The van der Waals surface area contributed by atoms with Crippen LogP contribution in [0.25, 0.3) is 0 Å². The number of nitrogens with one attached hydrogen (secondary N) is 1. The molecule has 17 heavy (non-hydrogen) atoms. The van der Waals surface area contributed by atoms with Crippen LogP contribution in [-0.4, -0.2) is 33.9 Å². The highest BCUT2D eigenvalue weighted by molar-refractivity contribution is 5.86. The van der Waals surface area contributed by atoms with Crippen LogP contribution in [0.5, 0.6) is 0 Å². The van der Waals surface area contributed by atoms with Crippen molar-refractivity contribution in [1.82, 2.24) is 15.1 Å². The topological polar surface area (TPSA) is 67.2 Å². The SMILES string of the molecule is CC/C(=C/CNCCn1cc(C)cn1)C(=O)O. The molecular weight excluding hydrogens is 218 g/mol. The lowest BCUT2D eigenvalue weighted by Crippen LogP contribution is -2.20. The van der Waals surface area contributed by atoms with E-state index in [4.69, 9.17) is 5.11 Å². The minimum atomic E-state index is -0.836. The van der Waals surface area contributed by atoms with Crippen molar-refractivity contribution in [3.05, 3.63) is 29.6 Å². The van der Waals surface area contributed by atoms with Crippen molar-refractivity contribution in [1.29, 1.82) is 0 Å². The molecule has 0 saturated carbocycles. The summed E-state index contributed by atoms with van der Waals surface area (Å²) in [6, 6.07) is 0. The maximum atomic E-state index is 10.7. The number of hydrogen-bond donors (Lipinski definition) is 2. The molecule has 0 spiro atoms. The van der Waals surface area contributed by atoms with Gasteiger partial charge in [-0.2, -0.15) is 5.10 Å². The van der Waals surface area contributed by atoms with Crippen molar-refractivity contribution >= 4 is 5.97 Å². The predicted octanol–water partition coefficient (Wildman–Crippen LogP) is 1.20. The van der Waals surface area contributed by atoms with Crippen LogP contribution in [0, 0.1) is 6.92 Å². The van der Waals surface area contributed by atoms with E-state index in [1.54, 1.807) is 6.08 Å². The molecule has 1 aromatic rings. The van der Waals surface area contributed by atoms with E-state index in [0.717, 1.165) is 18.7 Å². The largest absolute Gasteiger partial charge is 0.478 e. The summed E-state index contributed by atoms with van der Waals surface area (Å²) in [6.45, 7) is 5.98. The zero-order valence-electron chi connectivity index (χ0n) is 10.3. The molecule has 2 N–H and O–H groups in total. The molecule has 0 aliphatic heterocycles. The Bertz CT molecular complexity index is 396. The van der Waals surface area contributed by atoms with Gasteiger partial charge in [0.05, 0.1) is 12.7 Å². The monoisotopic (exact) mass is 237 g/mol. The number of nitrogens with zero attached hydrogens (tertiary/aromatic N) is 2. The number of hydrogen-bond acceptors (Lipinski definition) is 3. The van der Waals surface area contributed by atoms with Gasteiger partial charge in [-0.3, -0.25) is 4.68 Å². The zero-order chi connectivity index (χ0) is 12.7. The second kappa shape index (κ2) is 6.85. The van der Waals surface area contributed by atoms with Gasteiger partial charge in [-0.25, -0.2) is 4.79 Å². The summed E-state index contributed by atoms with van der Waals surface area (Å²) in [4.78, 5) is 10.7. The third-order valence-corrected chi connectivity index (χ3v) is 2.43. The molecule has 0 unspecified atom stereocenters. The molecule has 0 amide bonds. The Morgan fingerprint density at radius 3 is 2.94 bits per heavy atom. The smallest absolute Gasteiger partial charge is 0.331 e. The Morgan fingerprint density at radius 2 is 2.41 bits per heavy atom. The highest BCUT2D eigenvalue weighted by Crippen LogP contribution is 1.98. The first kappa shape index (κ1) is 13.4. The Labute approximate surface area is 101 Å². The average molecular weight is 237 g/mol. The third-order valence-electron chi connectivity index (χ3n) is 2.43. The van der Waals surface area contributed by atoms with Crippen molar-refractivity contribution in [2.75, 3.05) is 13.1 Å². The number of carboxylic acids is 1. The standard InChI is InChI=1S/C12H19N3O2/c1-3-11(12(16)17)4-5-13-6-7-15-9-10(2)8-14-15/h4,8-9,13H,3,5-7H2,1-2H3,(H,16,17)/b11-4-. The molecule has 94 valence electrons. The average Bonchev–Trinajstić information content (AvgIpc) is 2.69. The summed E-state index contributed by atoms with van der Waals surface area (Å²) in [5, 5.41) is 16.1. The van der Waals surface area contributed by atoms with Crippen LogP contribution in [0.1, 0.15) is 18.9 Å². The molecule has 0 aromatic carbocycles. The number of rotatable bonds is 7. The number of carbonyl (C=O) groups is 1. The van der Waals surface area contributed by atoms with Crippen LogP contribution < -0.4 is 5.32 Å². The van der Waals surface area contributed by atoms with Crippen molar-refractivity contribution in [2.24, 2.45) is 0 Å². The van der Waals surface area contributed by atoms with Crippen LogP contribution in [0.2, 0.25) is 0 Å². The summed E-state index contributed by atoms with van der Waals surface area (Å²) in [6.07, 6.45) is 6.07. The lowest BCUT2D eigenvalue weighted by Gasteiger charge is -2.03. The highest BCUT2D eigenvalue weighted by atomic mass is 16.4. The molecule has 0 aliphatic carbocycles. The molecule has 0 aliphatic rings. The maximum absolute atomic E-state index is 10.7. The molecule has 1 heterocycles. The first-order chi connectivity index (χ1) is 8.13. The maximum Gasteiger partial charge on any atom is 0.331 e. The van der Waals surface area contributed by atoms with Gasteiger partial charge in [-0.05, 0) is 18.9 Å². The lowest BCUT2D eigenvalue weighted by molar-refractivity contribution is -0.132. The second-order valence-electron chi connectivity index (χ2n) is 3.87. The number of aromatic nitrogens is 2. The normalized spacial score (nSPS) is 11.8. The molecule has 1 rings (SSSR count). The number of aryl methyl sites for hydroxylation is 1. The summed E-state index contributed by atoms with van der Waals surface area (Å²) >= 11 is 0. The van der Waals surface area contributed by atoms with E-state index in [2.05, 4.69) is 10.4 Å². The fraction of sp³-hybridized carbons (Fsp3) is 0.500. The van der Waals surface area contributed by atoms with Gasteiger partial charge in [0.1, 0.15) is 0 Å². The van der Waals surface area contributed by atoms with Gasteiger partial charge in [0.15, 0.2) is 0 Å². The summed E-state index contributed by atoms with van der Waals surface area (Å²) in [7, 11) is 0. The van der Waals surface area contributed by atoms with Gasteiger partial charge in [-0.15, -0.1) is 0 Å². The Kier molecular flexibility index (Phi) is 5.42. The Morgan fingerprint density at radius 1 is 1.65 bits per heavy atom. The van der Waals surface area contributed by atoms with E-state index in [-0.39, 0.29) is 0 Å². The van der Waals surface area contributed by atoms with E-state index in [9.17, 15) is 4.79 Å². The highest BCUT2D eigenvalue weighted by Gasteiger charge is 2.02. The zero-order valence-corrected chi connectivity index (χ0v) is 10.3. The van der Waals surface area contributed by atoms with Crippen LogP contribution in [0.3, 0.4) is 0 Å². The van der Waals surface area contributed by atoms with Gasteiger partial charge >= 0.3 is 5.97 Å². The molecular formula is C12H19N3O2. The van der Waals surface area contributed by atoms with Gasteiger partial charge in [0.25, 0.3) is 0 Å². The minimum Gasteiger partial charge on any atom is -0.478 e. The number of aliphatic carboxylic acids is 1. The van der Waals surface area contributed by atoms with Crippen LogP contribution in [-0.2, 0) is 11.3 Å². The van der Waals surface area contributed by atoms with E-state index >= 15 is 0 Å². The van der Waals surface area contributed by atoms with Crippen molar-refractivity contribution < 1.29 is 9.90 Å². The van der Waals surface area contributed by atoms with Crippen LogP contribution in [0.15, 0.2) is 24.0 Å². The molecule has 0 radical (unpaired) electrons. The number of carboxylic acid groups (broad SMARTS) is 1. The van der Waals surface area contributed by atoms with Gasteiger partial charge in [-0.1, -0.05) is 13.0 Å². The van der Waals surface area contributed by atoms with Gasteiger partial charge in [0, 0.05) is 24.9 Å². The summed E-state index contributed by atoms with van der Waals surface area (Å²) < 4.78 is 1.87. The molecule has 0 fully saturated rings. The molecule has 5 heteroatoms. The molecule has 1 aromatic heterocycles. The van der Waals surface area contributed by atoms with E-state index in [1.165, 1.54) is 0 Å². The first-order valence-corrected chi connectivity index (χ1v) is 5.75. The van der Waals surface area contributed by atoms with Gasteiger partial charge in [0.2, 0.25) is 0 Å². The Balaban J connectivity index is 2.22. The molecule has 0 atom stereocenters. The summed E-state index contributed by atoms with van der Waals surface area (Å²) in [5.74, 6) is -0.836. The second-order valence-corrected chi connectivity index (χ2v) is 3.87. The fourth-order valence-electron chi connectivity index (χ4n) is 1.46. The van der Waals surface area contributed by atoms with E-state index < -0.39 is 5.97 Å². The first-order valence-electron chi connectivity index (χ1n) is 5.75. The fourth-order valence-corrected chi connectivity index (χ4v) is 1.46. The summed E-state index contributed by atoms with van der Waals surface area (Å²) in [5.41, 5.74) is 1.59. The molecule has 0 saturated heterocycles. The van der Waals surface area contributed by atoms with Crippen molar-refractivity contribution in [3.8, 4) is 0 Å². The van der Waals surface area contributed by atoms with E-state index in [1.807, 2.05) is 30.9 Å². The minimum absolute atomic E-state index is 0.451. The third kappa shape index (κ3) is 4.82. The quantitative estimate of drug-likeness (QED) is 0.552. The molecule has 0 bridgehead atoms. The van der Waals surface area contributed by atoms with Crippen molar-refractivity contribution in [2.45, 2.75) is 26.8 Å². The molecule has 5 nitrogen and oxygen atoms in total. The van der Waals surface area contributed by atoms with Crippen LogP contribution >= 0.6 is 0 Å². The predicted molar refractivity (Wildman–Crippen MR) is 65.8 cm³/mol. The Hall–Kier alpha value is -1.62. The lowest BCUT2D eigenvalue weighted by atomic mass is 10.2. The van der Waals surface area contributed by atoms with Crippen LogP contribution in [0.4, 0.5) is 0 Å². The van der Waals surface area contributed by atoms with E-state index in [0.29, 0.717) is 18.5 Å². The van der Waals surface area contributed by atoms with Gasteiger partial charge < -0.3 is 10.4 Å².